The summed E-state index contributed by atoms with van der Waals surface area (Å²) in [6, 6.07) is 14.2. The van der Waals surface area contributed by atoms with E-state index in [1.165, 1.54) is 5.56 Å². The second kappa shape index (κ2) is 4.90. The number of benzene rings is 1. The molecule has 1 atom stereocenters. The van der Waals surface area contributed by atoms with Gasteiger partial charge in [0.1, 0.15) is 0 Å². The van der Waals surface area contributed by atoms with Crippen molar-refractivity contribution in [2.45, 2.75) is 19.4 Å². The van der Waals surface area contributed by atoms with Gasteiger partial charge in [-0.2, -0.15) is 0 Å². The van der Waals surface area contributed by atoms with Gasteiger partial charge in [0.15, 0.2) is 0 Å². The molecule has 0 aliphatic heterocycles. The van der Waals surface area contributed by atoms with Gasteiger partial charge in [-0.15, -0.1) is 0 Å². The van der Waals surface area contributed by atoms with E-state index in [0.717, 1.165) is 17.7 Å². The smallest absolute Gasteiger partial charge is 0.0603 e. The molecule has 2 N–H and O–H groups in total. The zero-order chi connectivity index (χ0) is 11.4. The van der Waals surface area contributed by atoms with Crippen molar-refractivity contribution in [3.05, 3.63) is 65.5 Å². The van der Waals surface area contributed by atoms with Crippen LogP contribution in [0.3, 0.4) is 0 Å². The van der Waals surface area contributed by atoms with Crippen LogP contribution in [-0.4, -0.2) is 4.98 Å². The zero-order valence-electron chi connectivity index (χ0n) is 9.43. The van der Waals surface area contributed by atoms with E-state index in [4.69, 9.17) is 5.73 Å². The van der Waals surface area contributed by atoms with E-state index in [0.29, 0.717) is 0 Å². The molecular weight excluding hydrogens is 196 g/mol. The third-order valence-corrected chi connectivity index (χ3v) is 2.70. The van der Waals surface area contributed by atoms with Crippen LogP contribution in [-0.2, 0) is 6.42 Å². The average Bonchev–Trinajstić information content (AvgIpc) is 2.31. The monoisotopic (exact) mass is 212 g/mol. The Kier molecular flexibility index (Phi) is 3.32. The largest absolute Gasteiger partial charge is 0.322 e. The Morgan fingerprint density at radius 2 is 1.88 bits per heavy atom. The molecule has 2 aromatic rings. The Morgan fingerprint density at radius 1 is 1.12 bits per heavy atom. The summed E-state index contributed by atoms with van der Waals surface area (Å²) in [7, 11) is 0. The summed E-state index contributed by atoms with van der Waals surface area (Å²) in [5, 5.41) is 0. The minimum absolute atomic E-state index is 0.0244. The molecule has 1 heterocycles. The lowest BCUT2D eigenvalue weighted by atomic mass is 10.0. The highest BCUT2D eigenvalue weighted by Crippen LogP contribution is 2.16. The van der Waals surface area contributed by atoms with Crippen molar-refractivity contribution in [3.8, 4) is 0 Å². The van der Waals surface area contributed by atoms with E-state index in [1.807, 2.05) is 37.3 Å². The molecule has 0 bridgehead atoms. The number of hydrogen-bond donors (Lipinski definition) is 1. The molecule has 0 saturated carbocycles. The first-order valence-corrected chi connectivity index (χ1v) is 5.48. The van der Waals surface area contributed by atoms with Gasteiger partial charge in [0.05, 0.1) is 11.7 Å². The molecule has 0 saturated heterocycles. The van der Waals surface area contributed by atoms with E-state index in [9.17, 15) is 0 Å². The quantitative estimate of drug-likeness (QED) is 0.849. The summed E-state index contributed by atoms with van der Waals surface area (Å²) in [6.45, 7) is 2.05. The molecular formula is C14H16N2. The van der Waals surface area contributed by atoms with Crippen molar-refractivity contribution in [3.63, 3.8) is 0 Å². The molecule has 0 aliphatic carbocycles. The molecule has 1 aromatic carbocycles. The van der Waals surface area contributed by atoms with Gasteiger partial charge >= 0.3 is 0 Å². The van der Waals surface area contributed by atoms with E-state index >= 15 is 0 Å². The molecule has 2 nitrogen and oxygen atoms in total. The van der Waals surface area contributed by atoms with Crippen molar-refractivity contribution >= 4 is 0 Å². The van der Waals surface area contributed by atoms with Crippen LogP contribution in [0.1, 0.15) is 22.9 Å². The summed E-state index contributed by atoms with van der Waals surface area (Å²) >= 11 is 0. The van der Waals surface area contributed by atoms with Gasteiger partial charge in [-0.1, -0.05) is 36.4 Å². The zero-order valence-corrected chi connectivity index (χ0v) is 9.43. The van der Waals surface area contributed by atoms with E-state index in [1.54, 1.807) is 6.20 Å². The molecule has 0 aliphatic rings. The lowest BCUT2D eigenvalue weighted by Crippen LogP contribution is -2.16. The molecule has 0 fully saturated rings. The van der Waals surface area contributed by atoms with E-state index in [-0.39, 0.29) is 6.04 Å². The standard InChI is InChI=1S/C14H16N2/c1-11-6-5-9-16-14(11)13(15)10-12-7-3-2-4-8-12/h2-9,13H,10,15H2,1H3/t13-/m0/s1. The second-order valence-electron chi connectivity index (χ2n) is 4.00. The average molecular weight is 212 g/mol. The first kappa shape index (κ1) is 10.8. The molecule has 82 valence electrons. The molecule has 0 amide bonds. The maximum atomic E-state index is 6.17. The molecule has 2 heteroatoms. The number of rotatable bonds is 3. The summed E-state index contributed by atoms with van der Waals surface area (Å²) in [5.74, 6) is 0. The Hall–Kier alpha value is -1.67. The topological polar surface area (TPSA) is 38.9 Å². The lowest BCUT2D eigenvalue weighted by Gasteiger charge is -2.13. The van der Waals surface area contributed by atoms with Crippen LogP contribution >= 0.6 is 0 Å². The van der Waals surface area contributed by atoms with Crippen molar-refractivity contribution < 1.29 is 0 Å². The van der Waals surface area contributed by atoms with Gasteiger partial charge in [-0.25, -0.2) is 0 Å². The maximum Gasteiger partial charge on any atom is 0.0603 e. The van der Waals surface area contributed by atoms with Crippen LogP contribution in [0, 0.1) is 6.92 Å². The van der Waals surface area contributed by atoms with Crippen LogP contribution in [0.2, 0.25) is 0 Å². The van der Waals surface area contributed by atoms with Gasteiger partial charge in [0.25, 0.3) is 0 Å². The summed E-state index contributed by atoms with van der Waals surface area (Å²) in [5.41, 5.74) is 9.57. The van der Waals surface area contributed by atoms with Crippen LogP contribution in [0.5, 0.6) is 0 Å². The van der Waals surface area contributed by atoms with Crippen molar-refractivity contribution in [1.82, 2.24) is 4.98 Å². The number of aryl methyl sites for hydroxylation is 1. The van der Waals surface area contributed by atoms with Crippen LogP contribution < -0.4 is 5.73 Å². The van der Waals surface area contributed by atoms with Gasteiger partial charge < -0.3 is 5.73 Å². The number of aromatic nitrogens is 1. The molecule has 16 heavy (non-hydrogen) atoms. The second-order valence-corrected chi connectivity index (χ2v) is 4.00. The fourth-order valence-electron chi connectivity index (χ4n) is 1.85. The fraction of sp³-hybridized carbons (Fsp3) is 0.214. The first-order chi connectivity index (χ1) is 7.77. The van der Waals surface area contributed by atoms with E-state index in [2.05, 4.69) is 17.1 Å². The van der Waals surface area contributed by atoms with Crippen molar-refractivity contribution in [2.75, 3.05) is 0 Å². The number of hydrogen-bond acceptors (Lipinski definition) is 2. The Balaban J connectivity index is 2.15. The SMILES string of the molecule is Cc1cccnc1[C@@H](N)Cc1ccccc1. The number of pyridine rings is 1. The molecule has 2 rings (SSSR count). The Bertz CT molecular complexity index is 451. The summed E-state index contributed by atoms with van der Waals surface area (Å²) in [6.07, 6.45) is 2.63. The van der Waals surface area contributed by atoms with Crippen LogP contribution in [0.4, 0.5) is 0 Å². The third-order valence-electron chi connectivity index (χ3n) is 2.70. The van der Waals surface area contributed by atoms with Crippen molar-refractivity contribution in [2.24, 2.45) is 5.73 Å². The third kappa shape index (κ3) is 2.47. The molecule has 0 radical (unpaired) electrons. The predicted octanol–water partition coefficient (Wildman–Crippen LogP) is 2.63. The first-order valence-electron chi connectivity index (χ1n) is 5.48. The predicted molar refractivity (Wildman–Crippen MR) is 66.0 cm³/mol. The number of nitrogens with zero attached hydrogens (tertiary/aromatic N) is 1. The van der Waals surface area contributed by atoms with Gasteiger partial charge in [0.2, 0.25) is 0 Å². The minimum atomic E-state index is -0.0244. The van der Waals surface area contributed by atoms with Crippen LogP contribution in [0.25, 0.3) is 0 Å². The molecule has 0 unspecified atom stereocenters. The maximum absolute atomic E-state index is 6.17. The Labute approximate surface area is 96.1 Å². The van der Waals surface area contributed by atoms with Gasteiger partial charge in [0, 0.05) is 6.20 Å². The van der Waals surface area contributed by atoms with Crippen LogP contribution in [0.15, 0.2) is 48.7 Å². The Morgan fingerprint density at radius 3 is 2.56 bits per heavy atom. The summed E-state index contributed by atoms with van der Waals surface area (Å²) in [4.78, 5) is 4.35. The highest BCUT2D eigenvalue weighted by Gasteiger charge is 2.10. The number of nitrogens with two attached hydrogens (primary N) is 1. The lowest BCUT2D eigenvalue weighted by molar-refractivity contribution is 0.690. The summed E-state index contributed by atoms with van der Waals surface area (Å²) < 4.78 is 0. The van der Waals surface area contributed by atoms with Crippen molar-refractivity contribution in [1.29, 1.82) is 0 Å². The molecule has 1 aromatic heterocycles. The molecule has 0 spiro atoms. The highest BCUT2D eigenvalue weighted by molar-refractivity contribution is 5.24. The highest BCUT2D eigenvalue weighted by atomic mass is 14.8. The fourth-order valence-corrected chi connectivity index (χ4v) is 1.85. The van der Waals surface area contributed by atoms with Gasteiger partial charge in [-0.05, 0) is 30.5 Å². The van der Waals surface area contributed by atoms with Gasteiger partial charge in [-0.3, -0.25) is 4.98 Å². The minimum Gasteiger partial charge on any atom is -0.322 e. The normalized spacial score (nSPS) is 12.4. The van der Waals surface area contributed by atoms with E-state index < -0.39 is 0 Å².